The van der Waals surface area contributed by atoms with Gasteiger partial charge in [0.2, 0.25) is 0 Å². The Kier molecular flexibility index (Phi) is 4.04. The summed E-state index contributed by atoms with van der Waals surface area (Å²) in [5.41, 5.74) is 1.46. The van der Waals surface area contributed by atoms with Gasteiger partial charge in [-0.25, -0.2) is 9.48 Å². The molecule has 2 rings (SSSR count). The summed E-state index contributed by atoms with van der Waals surface area (Å²) in [6.45, 7) is 4.99. The number of fused-ring (bicyclic) bond motifs is 1. The SMILES string of the molecule is CC(C)C(CN(C)C)n1nnc2cccc(C(=O)O)c21. The van der Waals surface area contributed by atoms with Crippen LogP contribution in [0.3, 0.4) is 0 Å². The van der Waals surface area contributed by atoms with Crippen molar-refractivity contribution in [3.05, 3.63) is 23.8 Å². The van der Waals surface area contributed by atoms with Gasteiger partial charge < -0.3 is 10.0 Å². The Morgan fingerprint density at radius 2 is 2.10 bits per heavy atom. The number of benzene rings is 1. The fourth-order valence-electron chi connectivity index (χ4n) is 2.34. The normalized spacial score (nSPS) is 13.3. The second-order valence-electron chi connectivity index (χ2n) is 5.59. The molecule has 0 aliphatic heterocycles. The molecule has 0 saturated carbocycles. The fourth-order valence-corrected chi connectivity index (χ4v) is 2.34. The van der Waals surface area contributed by atoms with Crippen molar-refractivity contribution in [1.82, 2.24) is 19.9 Å². The summed E-state index contributed by atoms with van der Waals surface area (Å²) in [6, 6.07) is 5.16. The zero-order valence-corrected chi connectivity index (χ0v) is 12.2. The van der Waals surface area contributed by atoms with Gasteiger partial charge in [-0.05, 0) is 32.1 Å². The molecule has 0 spiro atoms. The number of hydrogen-bond acceptors (Lipinski definition) is 4. The lowest BCUT2D eigenvalue weighted by molar-refractivity contribution is 0.0698. The third-order valence-electron chi connectivity index (χ3n) is 3.36. The van der Waals surface area contributed by atoms with Gasteiger partial charge in [0.25, 0.3) is 0 Å². The molecule has 1 unspecified atom stereocenters. The number of para-hydroxylation sites is 1. The molecule has 0 saturated heterocycles. The Hall–Kier alpha value is -1.95. The van der Waals surface area contributed by atoms with Crippen molar-refractivity contribution >= 4 is 17.0 Å². The van der Waals surface area contributed by atoms with Crippen molar-refractivity contribution in [3.8, 4) is 0 Å². The number of rotatable bonds is 5. The highest BCUT2D eigenvalue weighted by Crippen LogP contribution is 2.25. The molecule has 1 N–H and O–H groups in total. The van der Waals surface area contributed by atoms with Crippen LogP contribution in [-0.4, -0.2) is 51.6 Å². The highest BCUT2D eigenvalue weighted by atomic mass is 16.4. The van der Waals surface area contributed by atoms with E-state index in [0.29, 0.717) is 17.0 Å². The van der Waals surface area contributed by atoms with Gasteiger partial charge in [-0.1, -0.05) is 25.1 Å². The van der Waals surface area contributed by atoms with Crippen LogP contribution in [-0.2, 0) is 0 Å². The number of carboxylic acids is 1. The molecular formula is C14H20N4O2. The van der Waals surface area contributed by atoms with Crippen molar-refractivity contribution in [2.75, 3.05) is 20.6 Å². The highest BCUT2D eigenvalue weighted by molar-refractivity contribution is 6.00. The van der Waals surface area contributed by atoms with E-state index in [4.69, 9.17) is 0 Å². The molecule has 1 atom stereocenters. The minimum absolute atomic E-state index is 0.0792. The molecule has 1 aromatic heterocycles. The van der Waals surface area contributed by atoms with Crippen molar-refractivity contribution in [2.45, 2.75) is 19.9 Å². The predicted octanol–water partition coefficient (Wildman–Crippen LogP) is 1.89. The number of nitrogens with zero attached hydrogens (tertiary/aromatic N) is 4. The Bertz CT molecular complexity index is 619. The van der Waals surface area contributed by atoms with E-state index in [1.165, 1.54) is 0 Å². The summed E-state index contributed by atoms with van der Waals surface area (Å²) >= 11 is 0. The summed E-state index contributed by atoms with van der Waals surface area (Å²) in [5, 5.41) is 17.6. The lowest BCUT2D eigenvalue weighted by atomic mass is 10.0. The summed E-state index contributed by atoms with van der Waals surface area (Å²) < 4.78 is 1.75. The standard InChI is InChI=1S/C14H20N4O2/c1-9(2)12(8-17(3)4)18-13-10(14(19)20)6-5-7-11(13)15-16-18/h5-7,9,12H,8H2,1-4H3,(H,19,20). The van der Waals surface area contributed by atoms with Crippen LogP contribution in [0.4, 0.5) is 0 Å². The number of hydrogen-bond donors (Lipinski definition) is 1. The van der Waals surface area contributed by atoms with Crippen LogP contribution in [0.1, 0.15) is 30.2 Å². The lowest BCUT2D eigenvalue weighted by Gasteiger charge is -2.25. The topological polar surface area (TPSA) is 71.2 Å². The molecule has 0 amide bonds. The van der Waals surface area contributed by atoms with Crippen molar-refractivity contribution in [2.24, 2.45) is 5.92 Å². The molecule has 0 radical (unpaired) electrons. The molecule has 108 valence electrons. The number of likely N-dealkylation sites (N-methyl/N-ethyl adjacent to an activating group) is 1. The molecular weight excluding hydrogens is 256 g/mol. The van der Waals surface area contributed by atoms with E-state index in [1.54, 1.807) is 22.9 Å². The second kappa shape index (κ2) is 5.58. The lowest BCUT2D eigenvalue weighted by Crippen LogP contribution is -2.29. The maximum atomic E-state index is 11.4. The highest BCUT2D eigenvalue weighted by Gasteiger charge is 2.23. The number of aromatic nitrogens is 3. The smallest absolute Gasteiger partial charge is 0.337 e. The minimum Gasteiger partial charge on any atom is -0.478 e. The molecule has 1 heterocycles. The number of carbonyl (C=O) groups is 1. The quantitative estimate of drug-likeness (QED) is 0.903. The second-order valence-corrected chi connectivity index (χ2v) is 5.59. The first-order chi connectivity index (χ1) is 9.41. The first kappa shape index (κ1) is 14.5. The summed E-state index contributed by atoms with van der Waals surface area (Å²) in [7, 11) is 3.99. The van der Waals surface area contributed by atoms with Crippen LogP contribution in [0, 0.1) is 5.92 Å². The Morgan fingerprint density at radius 3 is 2.65 bits per heavy atom. The van der Waals surface area contributed by atoms with Gasteiger partial charge in [-0.2, -0.15) is 0 Å². The third-order valence-corrected chi connectivity index (χ3v) is 3.36. The van der Waals surface area contributed by atoms with E-state index in [2.05, 4.69) is 29.1 Å². The van der Waals surface area contributed by atoms with Crippen LogP contribution < -0.4 is 0 Å². The van der Waals surface area contributed by atoms with Crippen LogP contribution in [0.25, 0.3) is 11.0 Å². The third kappa shape index (κ3) is 2.65. The first-order valence-corrected chi connectivity index (χ1v) is 6.63. The van der Waals surface area contributed by atoms with Crippen LogP contribution in [0.2, 0.25) is 0 Å². The molecule has 0 aliphatic rings. The first-order valence-electron chi connectivity index (χ1n) is 6.63. The predicted molar refractivity (Wildman–Crippen MR) is 76.9 cm³/mol. The van der Waals surface area contributed by atoms with Gasteiger partial charge in [0.15, 0.2) is 0 Å². The van der Waals surface area contributed by atoms with Gasteiger partial charge >= 0.3 is 5.97 Å². The van der Waals surface area contributed by atoms with Gasteiger partial charge in [-0.3, -0.25) is 0 Å². The van der Waals surface area contributed by atoms with E-state index in [9.17, 15) is 9.90 Å². The van der Waals surface area contributed by atoms with Crippen LogP contribution >= 0.6 is 0 Å². The van der Waals surface area contributed by atoms with Gasteiger partial charge in [0, 0.05) is 6.54 Å². The maximum Gasteiger partial charge on any atom is 0.337 e. The largest absolute Gasteiger partial charge is 0.478 e. The molecule has 6 nitrogen and oxygen atoms in total. The average molecular weight is 276 g/mol. The zero-order chi connectivity index (χ0) is 14.9. The Labute approximate surface area is 118 Å². The van der Waals surface area contributed by atoms with E-state index >= 15 is 0 Å². The molecule has 1 aromatic carbocycles. The van der Waals surface area contributed by atoms with Crippen LogP contribution in [0.5, 0.6) is 0 Å². The van der Waals surface area contributed by atoms with Crippen molar-refractivity contribution in [3.63, 3.8) is 0 Å². The summed E-state index contributed by atoms with van der Waals surface area (Å²) in [4.78, 5) is 13.5. The van der Waals surface area contributed by atoms with Crippen molar-refractivity contribution in [1.29, 1.82) is 0 Å². The van der Waals surface area contributed by atoms with Gasteiger partial charge in [-0.15, -0.1) is 5.10 Å². The molecule has 20 heavy (non-hydrogen) atoms. The Balaban J connectivity index is 2.60. The van der Waals surface area contributed by atoms with Gasteiger partial charge in [0.1, 0.15) is 11.0 Å². The number of aromatic carboxylic acids is 1. The fraction of sp³-hybridized carbons (Fsp3) is 0.500. The molecule has 0 bridgehead atoms. The number of carboxylic acid groups (broad SMARTS) is 1. The van der Waals surface area contributed by atoms with Gasteiger partial charge in [0.05, 0.1) is 11.6 Å². The summed E-state index contributed by atoms with van der Waals surface area (Å²) in [5.74, 6) is -0.629. The minimum atomic E-state index is -0.952. The maximum absolute atomic E-state index is 11.4. The molecule has 0 fully saturated rings. The Morgan fingerprint density at radius 1 is 1.40 bits per heavy atom. The van der Waals surface area contributed by atoms with E-state index in [-0.39, 0.29) is 11.6 Å². The van der Waals surface area contributed by atoms with E-state index in [1.807, 2.05) is 14.1 Å². The van der Waals surface area contributed by atoms with Crippen molar-refractivity contribution < 1.29 is 9.90 Å². The van der Waals surface area contributed by atoms with Crippen LogP contribution in [0.15, 0.2) is 18.2 Å². The monoisotopic (exact) mass is 276 g/mol. The molecule has 0 aliphatic carbocycles. The summed E-state index contributed by atoms with van der Waals surface area (Å²) in [6.07, 6.45) is 0. The zero-order valence-electron chi connectivity index (χ0n) is 12.2. The molecule has 6 heteroatoms. The average Bonchev–Trinajstić information content (AvgIpc) is 2.78. The van der Waals surface area contributed by atoms with E-state index < -0.39 is 5.97 Å². The molecule has 2 aromatic rings. The van der Waals surface area contributed by atoms with E-state index in [0.717, 1.165) is 6.54 Å².